The van der Waals surface area contributed by atoms with Crippen LogP contribution >= 0.6 is 27.3 Å². The third kappa shape index (κ3) is 4.89. The first-order chi connectivity index (χ1) is 9.44. The molecule has 0 atom stereocenters. The second-order valence-electron chi connectivity index (χ2n) is 5.74. The zero-order chi connectivity index (χ0) is 14.6. The molecule has 20 heavy (non-hydrogen) atoms. The highest BCUT2D eigenvalue weighted by atomic mass is 79.9. The fraction of sp³-hybridized carbons (Fsp3) is 0.294. The molecule has 0 saturated carbocycles. The molecule has 0 bridgehead atoms. The molecule has 0 aliphatic carbocycles. The summed E-state index contributed by atoms with van der Waals surface area (Å²) in [6.45, 7) is 7.43. The molecule has 0 spiro atoms. The molecule has 1 nitrogen and oxygen atoms in total. The summed E-state index contributed by atoms with van der Waals surface area (Å²) in [5.41, 5.74) is 1.44. The van der Waals surface area contributed by atoms with Crippen LogP contribution in [0.15, 0.2) is 46.9 Å². The third-order valence-corrected chi connectivity index (χ3v) is 4.42. The number of hydrogen-bond donors (Lipinski definition) is 1. The molecule has 1 heterocycles. The zero-order valence-electron chi connectivity index (χ0n) is 12.1. The number of thiophene rings is 1. The average Bonchev–Trinajstić information content (AvgIpc) is 2.83. The van der Waals surface area contributed by atoms with Crippen LogP contribution in [0.4, 0.5) is 0 Å². The van der Waals surface area contributed by atoms with Gasteiger partial charge in [0.2, 0.25) is 0 Å². The second kappa shape index (κ2) is 6.70. The van der Waals surface area contributed by atoms with E-state index >= 15 is 0 Å². The van der Waals surface area contributed by atoms with E-state index in [0.29, 0.717) is 0 Å². The molecule has 1 aromatic carbocycles. The van der Waals surface area contributed by atoms with E-state index in [1.54, 1.807) is 0 Å². The summed E-state index contributed by atoms with van der Waals surface area (Å²) in [6, 6.07) is 12.8. The van der Waals surface area contributed by atoms with Crippen LogP contribution in [-0.4, -0.2) is 12.1 Å². The van der Waals surface area contributed by atoms with Crippen LogP contribution in [-0.2, 0) is 0 Å². The Labute approximate surface area is 133 Å². The smallest absolute Gasteiger partial charge is 0.0349 e. The minimum atomic E-state index is 0.169. The Balaban J connectivity index is 1.99. The van der Waals surface area contributed by atoms with E-state index in [0.717, 1.165) is 11.0 Å². The van der Waals surface area contributed by atoms with Crippen molar-refractivity contribution in [2.24, 2.45) is 0 Å². The summed E-state index contributed by atoms with van der Waals surface area (Å²) in [7, 11) is 0. The fourth-order valence-corrected chi connectivity index (χ4v) is 2.96. The molecule has 1 aromatic heterocycles. The Morgan fingerprint density at radius 1 is 1.10 bits per heavy atom. The lowest BCUT2D eigenvalue weighted by atomic mass is 10.1. The minimum Gasteiger partial charge on any atom is -0.309 e. The lowest BCUT2D eigenvalue weighted by Gasteiger charge is -2.18. The summed E-state index contributed by atoms with van der Waals surface area (Å²) in [4.78, 5) is 2.60. The van der Waals surface area contributed by atoms with E-state index in [4.69, 9.17) is 0 Å². The molecule has 1 N–H and O–H groups in total. The highest BCUT2D eigenvalue weighted by Gasteiger charge is 2.06. The molecule has 2 rings (SSSR count). The van der Waals surface area contributed by atoms with Crippen molar-refractivity contribution in [3.05, 3.63) is 51.8 Å². The normalized spacial score (nSPS) is 12.2. The first kappa shape index (κ1) is 15.5. The largest absolute Gasteiger partial charge is 0.309 e. The molecule has 0 aliphatic rings. The maximum Gasteiger partial charge on any atom is 0.0349 e. The van der Waals surface area contributed by atoms with Crippen LogP contribution in [0, 0.1) is 0 Å². The maximum atomic E-state index is 3.47. The Kier molecular flexibility index (Phi) is 5.19. The summed E-state index contributed by atoms with van der Waals surface area (Å²) in [5.74, 6) is 0. The van der Waals surface area contributed by atoms with Gasteiger partial charge >= 0.3 is 0 Å². The molecular formula is C17H20BrNS. The standard InChI is InChI=1S/C17H20BrNS/c1-17(2,3)19-12-4-5-15-10-11-16(20-15)13-6-8-14(18)9-7-13/h4-11,19H,12H2,1-3H3. The van der Waals surface area contributed by atoms with Gasteiger partial charge in [0.05, 0.1) is 0 Å². The van der Waals surface area contributed by atoms with E-state index in [-0.39, 0.29) is 5.54 Å². The monoisotopic (exact) mass is 349 g/mol. The number of hydrogen-bond acceptors (Lipinski definition) is 2. The number of rotatable bonds is 4. The maximum absolute atomic E-state index is 3.47. The van der Waals surface area contributed by atoms with Crippen LogP contribution in [0.2, 0.25) is 0 Å². The van der Waals surface area contributed by atoms with E-state index < -0.39 is 0 Å². The summed E-state index contributed by atoms with van der Waals surface area (Å²) >= 11 is 5.29. The summed E-state index contributed by atoms with van der Waals surface area (Å²) in [5, 5.41) is 3.45. The van der Waals surface area contributed by atoms with Crippen molar-refractivity contribution in [2.75, 3.05) is 6.54 Å². The van der Waals surface area contributed by atoms with E-state index in [9.17, 15) is 0 Å². The van der Waals surface area contributed by atoms with Gasteiger partial charge in [-0.15, -0.1) is 11.3 Å². The van der Waals surface area contributed by atoms with Crippen molar-refractivity contribution in [3.8, 4) is 10.4 Å². The number of halogens is 1. The van der Waals surface area contributed by atoms with Gasteiger partial charge in [0, 0.05) is 26.3 Å². The zero-order valence-corrected chi connectivity index (χ0v) is 14.5. The molecule has 0 radical (unpaired) electrons. The first-order valence-electron chi connectivity index (χ1n) is 6.71. The molecule has 106 valence electrons. The van der Waals surface area contributed by atoms with Crippen molar-refractivity contribution < 1.29 is 0 Å². The fourth-order valence-electron chi connectivity index (χ4n) is 1.75. The molecule has 0 unspecified atom stereocenters. The Hall–Kier alpha value is -0.900. The highest BCUT2D eigenvalue weighted by Crippen LogP contribution is 2.29. The highest BCUT2D eigenvalue weighted by molar-refractivity contribution is 9.10. The van der Waals surface area contributed by atoms with Crippen molar-refractivity contribution in [2.45, 2.75) is 26.3 Å². The summed E-state index contributed by atoms with van der Waals surface area (Å²) in [6.07, 6.45) is 4.37. The van der Waals surface area contributed by atoms with E-state index in [2.05, 4.69) is 90.6 Å². The lowest BCUT2D eigenvalue weighted by molar-refractivity contribution is 0.450. The van der Waals surface area contributed by atoms with Crippen LogP contribution < -0.4 is 5.32 Å². The van der Waals surface area contributed by atoms with Crippen LogP contribution in [0.25, 0.3) is 16.5 Å². The van der Waals surface area contributed by atoms with Crippen molar-refractivity contribution in [1.29, 1.82) is 0 Å². The van der Waals surface area contributed by atoms with Crippen molar-refractivity contribution >= 4 is 33.3 Å². The van der Waals surface area contributed by atoms with Crippen LogP contribution in [0.5, 0.6) is 0 Å². The Bertz CT molecular complexity index is 576. The summed E-state index contributed by atoms with van der Waals surface area (Å²) < 4.78 is 1.12. The van der Waals surface area contributed by atoms with Gasteiger partial charge in [-0.25, -0.2) is 0 Å². The van der Waals surface area contributed by atoms with Gasteiger partial charge in [-0.1, -0.05) is 34.1 Å². The van der Waals surface area contributed by atoms with Gasteiger partial charge in [-0.05, 0) is 56.7 Å². The van der Waals surface area contributed by atoms with Crippen molar-refractivity contribution in [3.63, 3.8) is 0 Å². The Morgan fingerprint density at radius 3 is 2.45 bits per heavy atom. The van der Waals surface area contributed by atoms with E-state index in [1.165, 1.54) is 15.3 Å². The quantitative estimate of drug-likeness (QED) is 0.759. The molecule has 3 heteroatoms. The van der Waals surface area contributed by atoms with Gasteiger partial charge in [0.1, 0.15) is 0 Å². The number of benzene rings is 1. The molecular weight excluding hydrogens is 330 g/mol. The second-order valence-corrected chi connectivity index (χ2v) is 7.77. The third-order valence-electron chi connectivity index (χ3n) is 2.79. The topological polar surface area (TPSA) is 12.0 Å². The molecule has 0 fully saturated rings. The molecule has 2 aromatic rings. The van der Waals surface area contributed by atoms with Gasteiger partial charge in [0.15, 0.2) is 0 Å². The Morgan fingerprint density at radius 2 is 1.80 bits per heavy atom. The predicted molar refractivity (Wildman–Crippen MR) is 94.2 cm³/mol. The molecule has 0 aliphatic heterocycles. The van der Waals surface area contributed by atoms with E-state index in [1.807, 2.05) is 11.3 Å². The molecule has 0 saturated heterocycles. The van der Waals surface area contributed by atoms with Gasteiger partial charge in [-0.2, -0.15) is 0 Å². The van der Waals surface area contributed by atoms with Gasteiger partial charge in [-0.3, -0.25) is 0 Å². The number of nitrogens with one attached hydrogen (secondary N) is 1. The van der Waals surface area contributed by atoms with Crippen LogP contribution in [0.3, 0.4) is 0 Å². The minimum absolute atomic E-state index is 0.169. The van der Waals surface area contributed by atoms with Crippen molar-refractivity contribution in [1.82, 2.24) is 5.32 Å². The molecule has 0 amide bonds. The van der Waals surface area contributed by atoms with Crippen LogP contribution in [0.1, 0.15) is 25.6 Å². The average molecular weight is 350 g/mol. The predicted octanol–water partition coefficient (Wildman–Crippen LogP) is 5.58. The lowest BCUT2D eigenvalue weighted by Crippen LogP contribution is -2.35. The SMILES string of the molecule is CC(C)(C)NCC=Cc1ccc(-c2ccc(Br)cc2)s1. The first-order valence-corrected chi connectivity index (χ1v) is 8.32. The van der Waals surface area contributed by atoms with Gasteiger partial charge in [0.25, 0.3) is 0 Å². The van der Waals surface area contributed by atoms with Gasteiger partial charge < -0.3 is 5.32 Å².